The third-order valence-electron chi connectivity index (χ3n) is 4.64. The standard InChI is InChI=1S/C16H21N5O6S3/c1-19-6-8-20(9-7-19)30(26,27)13-3-4-14(15(10-13)21(22)23)18-11-12-2-5-16(28-12)29(17,24)25/h2-5,10,18H,6-9,11H2,1H3,(H2,17,24,25). The molecular weight excluding hydrogens is 454 g/mol. The Labute approximate surface area is 178 Å². The Balaban J connectivity index is 1.82. The Morgan fingerprint density at radius 1 is 1.13 bits per heavy atom. The van der Waals surface area contributed by atoms with Crippen molar-refractivity contribution in [1.29, 1.82) is 0 Å². The second-order valence-corrected chi connectivity index (χ2v) is 11.7. The number of nitrogens with two attached hydrogens (primary N) is 1. The van der Waals surface area contributed by atoms with E-state index in [2.05, 4.69) is 5.32 Å². The molecule has 14 heteroatoms. The Hall–Kier alpha value is -2.10. The number of hydrogen-bond donors (Lipinski definition) is 2. The van der Waals surface area contributed by atoms with E-state index in [1.165, 1.54) is 22.5 Å². The van der Waals surface area contributed by atoms with Crippen LogP contribution in [0.5, 0.6) is 0 Å². The molecule has 3 N–H and O–H groups in total. The van der Waals surface area contributed by atoms with Gasteiger partial charge in [0.15, 0.2) is 0 Å². The molecule has 0 radical (unpaired) electrons. The minimum absolute atomic E-state index is 0.0117. The van der Waals surface area contributed by atoms with E-state index < -0.39 is 25.0 Å². The molecule has 0 bridgehead atoms. The van der Waals surface area contributed by atoms with Crippen LogP contribution in [0.15, 0.2) is 39.4 Å². The minimum atomic E-state index is -3.84. The van der Waals surface area contributed by atoms with Crippen molar-refractivity contribution in [2.24, 2.45) is 5.14 Å². The van der Waals surface area contributed by atoms with Crippen molar-refractivity contribution < 1.29 is 21.8 Å². The maximum absolute atomic E-state index is 12.9. The number of hydrogen-bond acceptors (Lipinski definition) is 9. The predicted molar refractivity (Wildman–Crippen MR) is 112 cm³/mol. The fourth-order valence-corrected chi connectivity index (χ4v) is 6.10. The number of benzene rings is 1. The number of thiophene rings is 1. The molecule has 2 aromatic rings. The first-order valence-corrected chi connectivity index (χ1v) is 12.6. The van der Waals surface area contributed by atoms with Gasteiger partial charge in [-0.2, -0.15) is 4.31 Å². The maximum atomic E-state index is 12.9. The number of likely N-dealkylation sites (N-methyl/N-ethyl adjacent to an activating group) is 1. The van der Waals surface area contributed by atoms with Crippen molar-refractivity contribution in [1.82, 2.24) is 9.21 Å². The summed E-state index contributed by atoms with van der Waals surface area (Å²) in [6, 6.07) is 6.62. The zero-order valence-electron chi connectivity index (χ0n) is 16.0. The van der Waals surface area contributed by atoms with Gasteiger partial charge in [-0.1, -0.05) is 0 Å². The molecule has 3 rings (SSSR count). The molecule has 1 aliphatic rings. The summed E-state index contributed by atoms with van der Waals surface area (Å²) in [6.07, 6.45) is 0. The van der Waals surface area contributed by atoms with Crippen LogP contribution in [0.1, 0.15) is 4.88 Å². The van der Waals surface area contributed by atoms with Gasteiger partial charge in [0.2, 0.25) is 20.0 Å². The number of sulfonamides is 2. The largest absolute Gasteiger partial charge is 0.375 e. The van der Waals surface area contributed by atoms with Crippen molar-refractivity contribution in [2.75, 3.05) is 38.5 Å². The van der Waals surface area contributed by atoms with E-state index >= 15 is 0 Å². The summed E-state index contributed by atoms with van der Waals surface area (Å²) in [5.74, 6) is 0. The smallest absolute Gasteiger partial charge is 0.293 e. The molecule has 1 saturated heterocycles. The molecule has 0 amide bonds. The first kappa shape index (κ1) is 22.6. The van der Waals surface area contributed by atoms with E-state index in [0.717, 1.165) is 17.4 Å². The van der Waals surface area contributed by atoms with Crippen molar-refractivity contribution in [3.05, 3.63) is 45.3 Å². The summed E-state index contributed by atoms with van der Waals surface area (Å²) < 4.78 is 49.7. The highest BCUT2D eigenvalue weighted by atomic mass is 32.2. The average Bonchev–Trinajstić information content (AvgIpc) is 3.16. The van der Waals surface area contributed by atoms with Crippen LogP contribution in [0.2, 0.25) is 0 Å². The van der Waals surface area contributed by atoms with Crippen LogP contribution in [-0.2, 0) is 26.6 Å². The molecule has 1 aromatic heterocycles. The van der Waals surface area contributed by atoms with Gasteiger partial charge in [0.05, 0.1) is 9.82 Å². The molecule has 0 spiro atoms. The summed E-state index contributed by atoms with van der Waals surface area (Å²) in [4.78, 5) is 13.3. The van der Waals surface area contributed by atoms with Crippen LogP contribution in [-0.4, -0.2) is 64.2 Å². The van der Waals surface area contributed by atoms with Gasteiger partial charge in [-0.05, 0) is 31.3 Å². The fraction of sp³-hybridized carbons (Fsp3) is 0.375. The highest BCUT2D eigenvalue weighted by molar-refractivity contribution is 7.91. The molecule has 0 aliphatic carbocycles. The molecule has 1 aliphatic heterocycles. The lowest BCUT2D eigenvalue weighted by Crippen LogP contribution is -2.47. The zero-order chi connectivity index (χ0) is 22.1. The molecule has 164 valence electrons. The van der Waals surface area contributed by atoms with E-state index in [-0.39, 0.29) is 27.0 Å². The zero-order valence-corrected chi connectivity index (χ0v) is 18.5. The monoisotopic (exact) mass is 475 g/mol. The Bertz CT molecular complexity index is 1150. The Kier molecular flexibility index (Phi) is 6.45. The molecule has 0 atom stereocenters. The van der Waals surface area contributed by atoms with Crippen LogP contribution in [0.25, 0.3) is 0 Å². The molecule has 2 heterocycles. The van der Waals surface area contributed by atoms with Crippen LogP contribution < -0.4 is 10.5 Å². The van der Waals surface area contributed by atoms with Gasteiger partial charge in [0.25, 0.3) is 5.69 Å². The van der Waals surface area contributed by atoms with Gasteiger partial charge in [0, 0.05) is 43.7 Å². The lowest BCUT2D eigenvalue weighted by molar-refractivity contribution is -0.384. The minimum Gasteiger partial charge on any atom is -0.375 e. The molecule has 0 unspecified atom stereocenters. The van der Waals surface area contributed by atoms with Crippen LogP contribution in [0.3, 0.4) is 0 Å². The molecule has 1 aromatic carbocycles. The summed E-state index contributed by atoms with van der Waals surface area (Å²) in [5.41, 5.74) is -0.253. The number of anilines is 1. The summed E-state index contributed by atoms with van der Waals surface area (Å²) in [7, 11) is -5.76. The van der Waals surface area contributed by atoms with Gasteiger partial charge in [-0.3, -0.25) is 10.1 Å². The van der Waals surface area contributed by atoms with Gasteiger partial charge in [-0.25, -0.2) is 22.0 Å². The van der Waals surface area contributed by atoms with E-state index in [0.29, 0.717) is 31.1 Å². The van der Waals surface area contributed by atoms with Crippen molar-refractivity contribution in [3.8, 4) is 0 Å². The van der Waals surface area contributed by atoms with Gasteiger partial charge in [-0.15, -0.1) is 11.3 Å². The second-order valence-electron chi connectivity index (χ2n) is 6.76. The highest BCUT2D eigenvalue weighted by Crippen LogP contribution is 2.30. The Morgan fingerprint density at radius 3 is 2.37 bits per heavy atom. The van der Waals surface area contributed by atoms with E-state index in [4.69, 9.17) is 5.14 Å². The quantitative estimate of drug-likeness (QED) is 0.441. The van der Waals surface area contributed by atoms with Crippen LogP contribution in [0, 0.1) is 10.1 Å². The normalized spacial score (nSPS) is 16.5. The lowest BCUT2D eigenvalue weighted by atomic mass is 10.2. The van der Waals surface area contributed by atoms with Crippen molar-refractivity contribution in [3.63, 3.8) is 0 Å². The maximum Gasteiger partial charge on any atom is 0.293 e. The third-order valence-corrected chi connectivity index (χ3v) is 9.05. The number of nitro groups is 1. The first-order chi connectivity index (χ1) is 14.0. The average molecular weight is 476 g/mol. The van der Waals surface area contributed by atoms with E-state index in [1.54, 1.807) is 6.07 Å². The number of primary sulfonamides is 1. The molecule has 30 heavy (non-hydrogen) atoms. The van der Waals surface area contributed by atoms with E-state index in [1.807, 2.05) is 11.9 Å². The number of rotatable bonds is 7. The highest BCUT2D eigenvalue weighted by Gasteiger charge is 2.29. The number of nitro benzene ring substituents is 1. The lowest BCUT2D eigenvalue weighted by Gasteiger charge is -2.31. The number of nitrogens with zero attached hydrogens (tertiary/aromatic N) is 3. The summed E-state index contributed by atoms with van der Waals surface area (Å²) >= 11 is 0.948. The predicted octanol–water partition coefficient (Wildman–Crippen LogP) is 0.852. The number of piperazine rings is 1. The fourth-order valence-electron chi connectivity index (χ4n) is 2.94. The first-order valence-electron chi connectivity index (χ1n) is 8.81. The van der Waals surface area contributed by atoms with Crippen molar-refractivity contribution >= 4 is 42.8 Å². The number of nitrogens with one attached hydrogen (secondary N) is 1. The SMILES string of the molecule is CN1CCN(S(=O)(=O)c2ccc(NCc3ccc(S(N)(=O)=O)s3)c([N+](=O)[O-])c2)CC1. The van der Waals surface area contributed by atoms with Crippen LogP contribution in [0.4, 0.5) is 11.4 Å². The van der Waals surface area contributed by atoms with Gasteiger partial charge in [0.1, 0.15) is 9.90 Å². The van der Waals surface area contributed by atoms with E-state index in [9.17, 15) is 26.9 Å². The van der Waals surface area contributed by atoms with Crippen molar-refractivity contribution in [2.45, 2.75) is 15.6 Å². The summed E-state index contributed by atoms with van der Waals surface area (Å²) in [5, 5.41) is 19.5. The summed E-state index contributed by atoms with van der Waals surface area (Å²) in [6.45, 7) is 1.92. The molecule has 11 nitrogen and oxygen atoms in total. The topological polar surface area (TPSA) is 156 Å². The van der Waals surface area contributed by atoms with Crippen LogP contribution >= 0.6 is 11.3 Å². The Morgan fingerprint density at radius 2 is 1.80 bits per heavy atom. The third kappa shape index (κ3) is 4.96. The van der Waals surface area contributed by atoms with Gasteiger partial charge < -0.3 is 10.2 Å². The molecule has 0 saturated carbocycles. The molecule has 1 fully saturated rings. The molecular formula is C16H21N5O6S3. The van der Waals surface area contributed by atoms with Gasteiger partial charge >= 0.3 is 0 Å². The second kappa shape index (κ2) is 8.56.